The minimum Gasteiger partial charge on any atom is -0.383 e. The molecule has 146 valence electrons. The number of amides is 1. The van der Waals surface area contributed by atoms with Gasteiger partial charge in [-0.1, -0.05) is 23.2 Å². The average Bonchev–Trinajstić information content (AvgIpc) is 2.92. The van der Waals surface area contributed by atoms with E-state index >= 15 is 0 Å². The maximum Gasteiger partial charge on any atom is 0.254 e. The first-order valence-electron chi connectivity index (χ1n) is 9.25. The number of halogens is 2. The molecule has 0 bridgehead atoms. The first kappa shape index (κ1) is 19.0. The lowest BCUT2D eigenvalue weighted by Gasteiger charge is -2.31. The number of benzene rings is 1. The van der Waals surface area contributed by atoms with Crippen LogP contribution in [0.25, 0.3) is 5.70 Å². The van der Waals surface area contributed by atoms with E-state index in [2.05, 4.69) is 10.3 Å². The molecule has 3 heterocycles. The number of piperidine rings is 1. The van der Waals surface area contributed by atoms with E-state index in [0.29, 0.717) is 40.8 Å². The fourth-order valence-electron chi connectivity index (χ4n) is 3.74. The number of carbonyl (C=O) groups is 1. The summed E-state index contributed by atoms with van der Waals surface area (Å²) in [5, 5.41) is 12.7. The van der Waals surface area contributed by atoms with Crippen LogP contribution in [0.5, 0.6) is 0 Å². The standard InChI is InChI=1S/C20H21Cl2N5O/c1-26-11-25-19-17(26)3-2-7-24-18(19)13-10-27(8-6-16(13)23)20(28)12-4-5-14(21)15(22)9-12/h4-5,9,11,23-24H,2-3,6-8,10H2,1H3/b18-13-,23-16?. The Balaban J connectivity index is 1.68. The summed E-state index contributed by atoms with van der Waals surface area (Å²) in [5.74, 6) is -0.112. The van der Waals surface area contributed by atoms with Crippen LogP contribution in [0.3, 0.4) is 0 Å². The Bertz CT molecular complexity index is 994. The molecule has 28 heavy (non-hydrogen) atoms. The molecule has 0 unspecified atom stereocenters. The molecule has 2 aromatic rings. The van der Waals surface area contributed by atoms with Gasteiger partial charge >= 0.3 is 0 Å². The predicted octanol–water partition coefficient (Wildman–Crippen LogP) is 3.54. The van der Waals surface area contributed by atoms with Crippen LogP contribution in [0.2, 0.25) is 10.0 Å². The number of hydrogen-bond acceptors (Lipinski definition) is 4. The van der Waals surface area contributed by atoms with E-state index in [1.165, 1.54) is 0 Å². The summed E-state index contributed by atoms with van der Waals surface area (Å²) in [7, 11) is 1.99. The number of likely N-dealkylation sites (tertiary alicyclic amines) is 1. The third-order valence-electron chi connectivity index (χ3n) is 5.29. The lowest BCUT2D eigenvalue weighted by atomic mass is 9.97. The summed E-state index contributed by atoms with van der Waals surface area (Å²) in [6, 6.07) is 4.92. The van der Waals surface area contributed by atoms with Gasteiger partial charge in [-0.05, 0) is 31.0 Å². The van der Waals surface area contributed by atoms with Crippen LogP contribution in [-0.2, 0) is 13.5 Å². The number of carbonyl (C=O) groups excluding carboxylic acids is 1. The molecule has 2 aliphatic heterocycles. The highest BCUT2D eigenvalue weighted by molar-refractivity contribution is 6.42. The quantitative estimate of drug-likeness (QED) is 0.744. The maximum atomic E-state index is 13.0. The number of aryl methyl sites for hydroxylation is 1. The van der Waals surface area contributed by atoms with Crippen molar-refractivity contribution in [1.29, 1.82) is 5.41 Å². The van der Waals surface area contributed by atoms with Gasteiger partial charge in [-0.15, -0.1) is 0 Å². The Hall–Kier alpha value is -2.31. The van der Waals surface area contributed by atoms with Crippen molar-refractivity contribution in [2.75, 3.05) is 19.6 Å². The van der Waals surface area contributed by atoms with E-state index in [1.54, 1.807) is 23.1 Å². The molecule has 6 nitrogen and oxygen atoms in total. The summed E-state index contributed by atoms with van der Waals surface area (Å²) in [5.41, 5.74) is 4.82. The fraction of sp³-hybridized carbons (Fsp3) is 0.350. The Morgan fingerprint density at radius 3 is 2.86 bits per heavy atom. The van der Waals surface area contributed by atoms with Gasteiger partial charge in [0.15, 0.2) is 0 Å². The van der Waals surface area contributed by atoms with Gasteiger partial charge in [0.25, 0.3) is 5.91 Å². The lowest BCUT2D eigenvalue weighted by molar-refractivity contribution is 0.0770. The zero-order valence-electron chi connectivity index (χ0n) is 15.6. The normalized spacial score (nSPS) is 19.8. The van der Waals surface area contributed by atoms with Crippen LogP contribution in [0.1, 0.15) is 34.6 Å². The number of hydrogen-bond donors (Lipinski definition) is 2. The van der Waals surface area contributed by atoms with Crippen molar-refractivity contribution < 1.29 is 4.79 Å². The van der Waals surface area contributed by atoms with Crippen molar-refractivity contribution in [1.82, 2.24) is 19.8 Å². The van der Waals surface area contributed by atoms with Gasteiger partial charge in [-0.2, -0.15) is 0 Å². The second-order valence-electron chi connectivity index (χ2n) is 7.12. The Labute approximate surface area is 173 Å². The van der Waals surface area contributed by atoms with E-state index in [4.69, 9.17) is 28.6 Å². The van der Waals surface area contributed by atoms with E-state index in [9.17, 15) is 4.79 Å². The van der Waals surface area contributed by atoms with E-state index in [0.717, 1.165) is 42.0 Å². The third kappa shape index (κ3) is 3.42. The molecule has 0 spiro atoms. The minimum atomic E-state index is -0.112. The second-order valence-corrected chi connectivity index (χ2v) is 7.93. The first-order chi connectivity index (χ1) is 13.5. The molecule has 0 atom stereocenters. The van der Waals surface area contributed by atoms with E-state index in [1.807, 2.05) is 17.9 Å². The molecule has 0 saturated carbocycles. The highest BCUT2D eigenvalue weighted by atomic mass is 35.5. The van der Waals surface area contributed by atoms with Crippen molar-refractivity contribution in [2.24, 2.45) is 7.05 Å². The monoisotopic (exact) mass is 417 g/mol. The number of nitrogens with one attached hydrogen (secondary N) is 2. The van der Waals surface area contributed by atoms with E-state index in [-0.39, 0.29) is 5.91 Å². The van der Waals surface area contributed by atoms with Gasteiger partial charge in [0.05, 0.1) is 22.1 Å². The third-order valence-corrected chi connectivity index (χ3v) is 6.03. The van der Waals surface area contributed by atoms with Crippen LogP contribution < -0.4 is 5.32 Å². The summed E-state index contributed by atoms with van der Waals surface area (Å²) in [4.78, 5) is 19.3. The Kier molecular flexibility index (Phi) is 5.17. The van der Waals surface area contributed by atoms with Crippen molar-refractivity contribution in [3.05, 3.63) is 57.1 Å². The molecule has 0 aliphatic carbocycles. The van der Waals surface area contributed by atoms with Gasteiger partial charge in [-0.25, -0.2) is 4.98 Å². The van der Waals surface area contributed by atoms with Crippen molar-refractivity contribution in [3.8, 4) is 0 Å². The summed E-state index contributed by atoms with van der Waals surface area (Å²) in [6.07, 6.45) is 4.26. The Morgan fingerprint density at radius 1 is 1.25 bits per heavy atom. The van der Waals surface area contributed by atoms with Crippen molar-refractivity contribution >= 4 is 40.5 Å². The molecule has 2 aliphatic rings. The number of aromatic nitrogens is 2. The van der Waals surface area contributed by atoms with E-state index < -0.39 is 0 Å². The van der Waals surface area contributed by atoms with Gasteiger partial charge in [0.1, 0.15) is 5.69 Å². The molecular formula is C20H21Cl2N5O. The Morgan fingerprint density at radius 2 is 2.07 bits per heavy atom. The molecule has 1 aromatic heterocycles. The topological polar surface area (TPSA) is 74.0 Å². The van der Waals surface area contributed by atoms with Gasteiger partial charge in [0, 0.05) is 55.6 Å². The summed E-state index contributed by atoms with van der Waals surface area (Å²) >= 11 is 12.1. The largest absolute Gasteiger partial charge is 0.383 e. The number of nitrogens with zero attached hydrogens (tertiary/aromatic N) is 3. The van der Waals surface area contributed by atoms with Crippen LogP contribution in [0.4, 0.5) is 0 Å². The molecule has 1 amide bonds. The van der Waals surface area contributed by atoms with Gasteiger partial charge < -0.3 is 20.2 Å². The minimum absolute atomic E-state index is 0.112. The highest BCUT2D eigenvalue weighted by Gasteiger charge is 2.29. The first-order valence-corrected chi connectivity index (χ1v) is 10.0. The fourth-order valence-corrected chi connectivity index (χ4v) is 4.04. The number of fused-ring (bicyclic) bond motifs is 1. The molecule has 8 heteroatoms. The zero-order chi connectivity index (χ0) is 19.8. The smallest absolute Gasteiger partial charge is 0.254 e. The molecule has 4 rings (SSSR count). The number of rotatable bonds is 1. The molecule has 1 fully saturated rings. The van der Waals surface area contributed by atoms with Crippen LogP contribution in [0.15, 0.2) is 30.1 Å². The predicted molar refractivity (Wildman–Crippen MR) is 111 cm³/mol. The molecule has 2 N–H and O–H groups in total. The lowest BCUT2D eigenvalue weighted by Crippen LogP contribution is -2.41. The van der Waals surface area contributed by atoms with Crippen molar-refractivity contribution in [3.63, 3.8) is 0 Å². The molecule has 1 saturated heterocycles. The molecule has 1 aromatic carbocycles. The SMILES string of the molecule is Cn1cnc2c1CCCN/C2=C1/CN(C(=O)c2ccc(Cl)c(Cl)c2)CCC1=N. The van der Waals surface area contributed by atoms with Crippen molar-refractivity contribution in [2.45, 2.75) is 19.3 Å². The van der Waals surface area contributed by atoms with Gasteiger partial charge in [-0.3, -0.25) is 4.79 Å². The van der Waals surface area contributed by atoms with Crippen LogP contribution in [0, 0.1) is 5.41 Å². The molecular weight excluding hydrogens is 397 g/mol. The highest BCUT2D eigenvalue weighted by Crippen LogP contribution is 2.28. The summed E-state index contributed by atoms with van der Waals surface area (Å²) < 4.78 is 2.04. The average molecular weight is 418 g/mol. The number of imidazole rings is 1. The van der Waals surface area contributed by atoms with Crippen LogP contribution in [-0.4, -0.2) is 45.7 Å². The van der Waals surface area contributed by atoms with Crippen LogP contribution >= 0.6 is 23.2 Å². The zero-order valence-corrected chi connectivity index (χ0v) is 17.1. The van der Waals surface area contributed by atoms with Gasteiger partial charge in [0.2, 0.25) is 0 Å². The second kappa shape index (κ2) is 7.60. The molecule has 0 radical (unpaired) electrons. The summed E-state index contributed by atoms with van der Waals surface area (Å²) in [6.45, 7) is 1.70. The maximum absolute atomic E-state index is 13.0.